The number of sulfone groups is 1. The second kappa shape index (κ2) is 6.45. The fourth-order valence-electron chi connectivity index (χ4n) is 1.55. The number of nitrogens with one attached hydrogen (secondary N) is 1. The molecule has 0 aliphatic carbocycles. The maximum Gasteiger partial charge on any atom is 0.350 e. The molecule has 0 aliphatic rings. The zero-order chi connectivity index (χ0) is 15.5. The standard InChI is InChI=1S/C12H20N2O4S2/c1-5-7(3)14-11-10(20(16,17)6-2)8(13)9(19-11)12(15)18-4/h7,14H,5-6,13H2,1-4H3. The normalized spacial score (nSPS) is 13.0. The van der Waals surface area contributed by atoms with Crippen molar-refractivity contribution in [3.8, 4) is 0 Å². The molecule has 0 bridgehead atoms. The number of rotatable bonds is 6. The van der Waals surface area contributed by atoms with Gasteiger partial charge in [-0.15, -0.1) is 11.3 Å². The first-order chi connectivity index (χ1) is 9.28. The first-order valence-corrected chi connectivity index (χ1v) is 8.75. The van der Waals surface area contributed by atoms with Gasteiger partial charge in [0.15, 0.2) is 9.84 Å². The maximum atomic E-state index is 12.2. The molecule has 1 atom stereocenters. The Morgan fingerprint density at radius 1 is 1.45 bits per heavy atom. The van der Waals surface area contributed by atoms with Crippen molar-refractivity contribution in [3.63, 3.8) is 0 Å². The average Bonchev–Trinajstić information content (AvgIpc) is 2.74. The molecule has 0 aliphatic heterocycles. The van der Waals surface area contributed by atoms with E-state index in [4.69, 9.17) is 5.73 Å². The van der Waals surface area contributed by atoms with E-state index in [1.807, 2.05) is 13.8 Å². The second-order valence-electron chi connectivity index (χ2n) is 4.35. The van der Waals surface area contributed by atoms with E-state index in [2.05, 4.69) is 10.1 Å². The van der Waals surface area contributed by atoms with Crippen LogP contribution in [0.3, 0.4) is 0 Å². The molecular weight excluding hydrogens is 300 g/mol. The van der Waals surface area contributed by atoms with Gasteiger partial charge in [0.25, 0.3) is 0 Å². The number of thiophene rings is 1. The van der Waals surface area contributed by atoms with Gasteiger partial charge in [-0.2, -0.15) is 0 Å². The molecule has 1 heterocycles. The highest BCUT2D eigenvalue weighted by molar-refractivity contribution is 7.91. The molecule has 1 aromatic heterocycles. The van der Waals surface area contributed by atoms with Gasteiger partial charge in [0.1, 0.15) is 14.8 Å². The summed E-state index contributed by atoms with van der Waals surface area (Å²) < 4.78 is 29.0. The summed E-state index contributed by atoms with van der Waals surface area (Å²) in [5.41, 5.74) is 5.82. The topological polar surface area (TPSA) is 98.5 Å². The van der Waals surface area contributed by atoms with Crippen LogP contribution in [0.1, 0.15) is 36.9 Å². The minimum atomic E-state index is -3.52. The number of hydrogen-bond acceptors (Lipinski definition) is 7. The molecule has 0 saturated heterocycles. The molecule has 3 N–H and O–H groups in total. The molecule has 0 radical (unpaired) electrons. The van der Waals surface area contributed by atoms with Gasteiger partial charge in [-0.1, -0.05) is 13.8 Å². The summed E-state index contributed by atoms with van der Waals surface area (Å²) in [6.07, 6.45) is 0.816. The minimum absolute atomic E-state index is 0.00528. The first-order valence-electron chi connectivity index (χ1n) is 6.28. The van der Waals surface area contributed by atoms with Gasteiger partial charge in [-0.05, 0) is 13.3 Å². The highest BCUT2D eigenvalue weighted by atomic mass is 32.2. The third-order valence-corrected chi connectivity index (χ3v) is 6.00. The van der Waals surface area contributed by atoms with Crippen molar-refractivity contribution in [1.29, 1.82) is 0 Å². The van der Waals surface area contributed by atoms with Gasteiger partial charge in [-0.3, -0.25) is 0 Å². The Balaban J connectivity index is 3.45. The van der Waals surface area contributed by atoms with E-state index in [0.29, 0.717) is 5.00 Å². The lowest BCUT2D eigenvalue weighted by molar-refractivity contribution is 0.0607. The van der Waals surface area contributed by atoms with E-state index in [1.165, 1.54) is 14.0 Å². The number of ether oxygens (including phenoxy) is 1. The van der Waals surface area contributed by atoms with Crippen molar-refractivity contribution in [2.24, 2.45) is 0 Å². The third-order valence-electron chi connectivity index (χ3n) is 2.95. The van der Waals surface area contributed by atoms with Crippen molar-refractivity contribution in [3.05, 3.63) is 4.88 Å². The van der Waals surface area contributed by atoms with Crippen LogP contribution in [-0.2, 0) is 14.6 Å². The average molecular weight is 320 g/mol. The Labute approximate surface area is 123 Å². The quantitative estimate of drug-likeness (QED) is 0.779. The molecule has 8 heteroatoms. The van der Waals surface area contributed by atoms with Gasteiger partial charge in [0, 0.05) is 6.04 Å². The van der Waals surface area contributed by atoms with Crippen molar-refractivity contribution in [1.82, 2.24) is 0 Å². The van der Waals surface area contributed by atoms with Gasteiger partial charge in [-0.25, -0.2) is 13.2 Å². The van der Waals surface area contributed by atoms with Crippen LogP contribution in [0.25, 0.3) is 0 Å². The van der Waals surface area contributed by atoms with Crippen LogP contribution in [0, 0.1) is 0 Å². The van der Waals surface area contributed by atoms with Crippen LogP contribution < -0.4 is 11.1 Å². The zero-order valence-corrected chi connectivity index (χ0v) is 13.7. The van der Waals surface area contributed by atoms with Crippen LogP contribution in [0.2, 0.25) is 0 Å². The predicted octanol–water partition coefficient (Wildman–Crippen LogP) is 2.12. The third kappa shape index (κ3) is 3.24. The molecule has 114 valence electrons. The number of nitrogens with two attached hydrogens (primary N) is 1. The Kier molecular flexibility index (Phi) is 5.41. The molecule has 20 heavy (non-hydrogen) atoms. The number of esters is 1. The van der Waals surface area contributed by atoms with Crippen LogP contribution in [0.5, 0.6) is 0 Å². The van der Waals surface area contributed by atoms with Crippen molar-refractivity contribution >= 4 is 37.8 Å². The summed E-state index contributed by atoms with van der Waals surface area (Å²) in [4.78, 5) is 11.8. The summed E-state index contributed by atoms with van der Waals surface area (Å²) in [5.74, 6) is -0.707. The first kappa shape index (κ1) is 16.8. The number of nitrogen functional groups attached to an aromatic ring is 1. The minimum Gasteiger partial charge on any atom is -0.465 e. The van der Waals surface area contributed by atoms with Gasteiger partial charge < -0.3 is 15.8 Å². The van der Waals surface area contributed by atoms with Crippen molar-refractivity contribution in [2.45, 2.75) is 38.1 Å². The van der Waals surface area contributed by atoms with E-state index in [-0.39, 0.29) is 27.3 Å². The number of carbonyl (C=O) groups is 1. The van der Waals surface area contributed by atoms with E-state index < -0.39 is 15.8 Å². The lowest BCUT2D eigenvalue weighted by Gasteiger charge is -2.13. The van der Waals surface area contributed by atoms with Gasteiger partial charge >= 0.3 is 5.97 Å². The van der Waals surface area contributed by atoms with E-state index >= 15 is 0 Å². The molecule has 0 amide bonds. The van der Waals surface area contributed by atoms with Crippen LogP contribution in [0.4, 0.5) is 10.7 Å². The molecule has 0 saturated carbocycles. The molecular formula is C12H20N2O4S2. The summed E-state index contributed by atoms with van der Waals surface area (Å²) >= 11 is 1.01. The summed E-state index contributed by atoms with van der Waals surface area (Å²) in [7, 11) is -2.29. The number of anilines is 2. The highest BCUT2D eigenvalue weighted by Crippen LogP contribution is 2.40. The fourth-order valence-corrected chi connectivity index (χ4v) is 4.23. The smallest absolute Gasteiger partial charge is 0.350 e. The fraction of sp³-hybridized carbons (Fsp3) is 0.583. The molecule has 1 aromatic rings. The lowest BCUT2D eigenvalue weighted by atomic mass is 10.3. The van der Waals surface area contributed by atoms with Gasteiger partial charge in [0.05, 0.1) is 18.6 Å². The molecule has 0 spiro atoms. The SMILES string of the molecule is CCC(C)Nc1sc(C(=O)OC)c(N)c1S(=O)(=O)CC. The number of carbonyl (C=O) groups excluding carboxylic acids is 1. The Morgan fingerprint density at radius 3 is 2.50 bits per heavy atom. The summed E-state index contributed by atoms with van der Waals surface area (Å²) in [6.45, 7) is 5.44. The van der Waals surface area contributed by atoms with Crippen molar-refractivity contribution < 1.29 is 17.9 Å². The van der Waals surface area contributed by atoms with Crippen LogP contribution in [-0.4, -0.2) is 33.3 Å². The summed E-state index contributed by atoms with van der Waals surface area (Å²) in [6, 6.07) is 0.0735. The van der Waals surface area contributed by atoms with E-state index in [0.717, 1.165) is 17.8 Å². The second-order valence-corrected chi connectivity index (χ2v) is 7.59. The Morgan fingerprint density at radius 2 is 2.05 bits per heavy atom. The number of methoxy groups -OCH3 is 1. The van der Waals surface area contributed by atoms with E-state index in [1.54, 1.807) is 0 Å². The molecule has 0 aromatic carbocycles. The maximum absolute atomic E-state index is 12.2. The molecule has 1 unspecified atom stereocenters. The number of hydrogen-bond donors (Lipinski definition) is 2. The zero-order valence-electron chi connectivity index (χ0n) is 12.0. The van der Waals surface area contributed by atoms with E-state index in [9.17, 15) is 13.2 Å². The monoisotopic (exact) mass is 320 g/mol. The predicted molar refractivity (Wildman–Crippen MR) is 81.2 cm³/mol. The Hall–Kier alpha value is -1.28. The van der Waals surface area contributed by atoms with Crippen LogP contribution >= 0.6 is 11.3 Å². The Bertz CT molecular complexity index is 593. The van der Waals surface area contributed by atoms with Crippen molar-refractivity contribution in [2.75, 3.05) is 23.9 Å². The molecule has 1 rings (SSSR count). The lowest BCUT2D eigenvalue weighted by Crippen LogP contribution is -2.15. The van der Waals surface area contributed by atoms with Gasteiger partial charge in [0.2, 0.25) is 0 Å². The highest BCUT2D eigenvalue weighted by Gasteiger charge is 2.29. The summed E-state index contributed by atoms with van der Waals surface area (Å²) in [5, 5.41) is 3.49. The molecule has 0 fully saturated rings. The molecule has 6 nitrogen and oxygen atoms in total. The largest absolute Gasteiger partial charge is 0.465 e. The van der Waals surface area contributed by atoms with Crippen LogP contribution in [0.15, 0.2) is 4.90 Å².